The van der Waals surface area contributed by atoms with Gasteiger partial charge in [-0.05, 0) is 42.7 Å². The van der Waals surface area contributed by atoms with Crippen LogP contribution in [0.25, 0.3) is 0 Å². The predicted octanol–water partition coefficient (Wildman–Crippen LogP) is 2.20. The number of carbonyl (C=O) groups excluding carboxylic acids is 1. The molecule has 1 aromatic rings. The molecular weight excluding hydrogens is 294 g/mol. The van der Waals surface area contributed by atoms with E-state index in [-0.39, 0.29) is 17.9 Å². The molecule has 23 heavy (non-hydrogen) atoms. The van der Waals surface area contributed by atoms with Gasteiger partial charge in [0.05, 0.1) is 12.0 Å². The quantitative estimate of drug-likeness (QED) is 0.924. The molecule has 1 aromatic carbocycles. The van der Waals surface area contributed by atoms with Crippen LogP contribution in [0.2, 0.25) is 0 Å². The minimum atomic E-state index is -0.977. The molecule has 0 bridgehead atoms. The maximum Gasteiger partial charge on any atom is 0.335 e. The molecule has 1 unspecified atom stereocenters. The topological polar surface area (TPSA) is 66.8 Å². The van der Waals surface area contributed by atoms with Crippen molar-refractivity contribution in [2.75, 3.05) is 26.3 Å². The maximum absolute atomic E-state index is 12.5. The summed E-state index contributed by atoms with van der Waals surface area (Å²) >= 11 is 0. The van der Waals surface area contributed by atoms with Crippen LogP contribution in [0, 0.1) is 11.8 Å². The lowest BCUT2D eigenvalue weighted by atomic mass is 9.85. The monoisotopic (exact) mass is 317 g/mol. The summed E-state index contributed by atoms with van der Waals surface area (Å²) in [6.07, 6.45) is 3.41. The van der Waals surface area contributed by atoms with Gasteiger partial charge in [0.2, 0.25) is 5.91 Å². The van der Waals surface area contributed by atoms with Gasteiger partial charge in [0.25, 0.3) is 0 Å². The summed E-state index contributed by atoms with van der Waals surface area (Å²) in [6.45, 7) is 3.26. The van der Waals surface area contributed by atoms with Crippen molar-refractivity contribution in [3.05, 3.63) is 35.4 Å². The fraction of sp³-hybridized carbons (Fsp3) is 0.556. The Morgan fingerprint density at radius 1 is 1.13 bits per heavy atom. The Balaban J connectivity index is 1.60. The second-order valence-electron chi connectivity index (χ2n) is 6.48. The fourth-order valence-corrected chi connectivity index (χ4v) is 3.74. The van der Waals surface area contributed by atoms with Gasteiger partial charge in [-0.1, -0.05) is 18.2 Å². The van der Waals surface area contributed by atoms with Crippen LogP contribution < -0.4 is 0 Å². The molecule has 2 fully saturated rings. The van der Waals surface area contributed by atoms with Gasteiger partial charge in [-0.3, -0.25) is 4.79 Å². The number of aromatic carboxylic acids is 1. The SMILES string of the molecule is O=C(O)c1ccccc1CC(=O)N1CCC(C2CCOCC2)C1. The van der Waals surface area contributed by atoms with Crippen molar-refractivity contribution in [2.45, 2.75) is 25.7 Å². The van der Waals surface area contributed by atoms with Crippen molar-refractivity contribution in [3.8, 4) is 0 Å². The van der Waals surface area contributed by atoms with Gasteiger partial charge < -0.3 is 14.7 Å². The molecule has 0 spiro atoms. The minimum Gasteiger partial charge on any atom is -0.478 e. The highest BCUT2D eigenvalue weighted by Crippen LogP contribution is 2.31. The van der Waals surface area contributed by atoms with Gasteiger partial charge in [-0.2, -0.15) is 0 Å². The van der Waals surface area contributed by atoms with Gasteiger partial charge in [0.15, 0.2) is 0 Å². The van der Waals surface area contributed by atoms with E-state index in [1.165, 1.54) is 0 Å². The number of nitrogens with zero attached hydrogens (tertiary/aromatic N) is 1. The first-order valence-corrected chi connectivity index (χ1v) is 8.32. The molecule has 0 saturated carbocycles. The van der Waals surface area contributed by atoms with E-state index in [4.69, 9.17) is 4.74 Å². The summed E-state index contributed by atoms with van der Waals surface area (Å²) in [5.41, 5.74) is 0.820. The third kappa shape index (κ3) is 3.72. The summed E-state index contributed by atoms with van der Waals surface area (Å²) < 4.78 is 5.41. The Hall–Kier alpha value is -1.88. The lowest BCUT2D eigenvalue weighted by Gasteiger charge is -2.27. The summed E-state index contributed by atoms with van der Waals surface area (Å²) in [5, 5.41) is 9.22. The largest absolute Gasteiger partial charge is 0.478 e. The first-order chi connectivity index (χ1) is 11.1. The zero-order valence-corrected chi connectivity index (χ0v) is 13.2. The standard InChI is InChI=1S/C18H23NO4/c20-17(11-14-3-1-2-4-16(14)18(21)22)19-8-5-15(12-19)13-6-9-23-10-7-13/h1-4,13,15H,5-12H2,(H,21,22). The third-order valence-corrected chi connectivity index (χ3v) is 5.10. The molecule has 2 saturated heterocycles. The lowest BCUT2D eigenvalue weighted by molar-refractivity contribution is -0.129. The minimum absolute atomic E-state index is 0.0354. The number of carbonyl (C=O) groups is 2. The van der Waals surface area contributed by atoms with Gasteiger partial charge in [0.1, 0.15) is 0 Å². The summed E-state index contributed by atoms with van der Waals surface area (Å²) in [5.74, 6) is 0.286. The average Bonchev–Trinajstić information content (AvgIpc) is 3.06. The summed E-state index contributed by atoms with van der Waals surface area (Å²) in [4.78, 5) is 25.7. The molecule has 3 rings (SSSR count). The lowest BCUT2D eigenvalue weighted by Crippen LogP contribution is -2.32. The Kier molecular flexibility index (Phi) is 4.96. The van der Waals surface area contributed by atoms with E-state index in [0.29, 0.717) is 17.4 Å². The maximum atomic E-state index is 12.5. The Labute approximate surface area is 136 Å². The average molecular weight is 317 g/mol. The van der Waals surface area contributed by atoms with Gasteiger partial charge in [0, 0.05) is 26.3 Å². The first kappa shape index (κ1) is 16.0. The van der Waals surface area contributed by atoms with E-state index in [1.807, 2.05) is 4.90 Å². The summed E-state index contributed by atoms with van der Waals surface area (Å²) in [6, 6.07) is 6.76. The zero-order valence-electron chi connectivity index (χ0n) is 13.2. The highest BCUT2D eigenvalue weighted by molar-refractivity contribution is 5.91. The van der Waals surface area contributed by atoms with Crippen molar-refractivity contribution in [2.24, 2.45) is 11.8 Å². The Bertz CT molecular complexity index is 580. The molecule has 5 nitrogen and oxygen atoms in total. The molecule has 2 aliphatic rings. The van der Waals surface area contributed by atoms with Crippen LogP contribution in [-0.2, 0) is 16.0 Å². The molecule has 0 radical (unpaired) electrons. The van der Waals surface area contributed by atoms with Crippen molar-refractivity contribution >= 4 is 11.9 Å². The molecule has 124 valence electrons. The van der Waals surface area contributed by atoms with Crippen LogP contribution >= 0.6 is 0 Å². The molecule has 5 heteroatoms. The summed E-state index contributed by atoms with van der Waals surface area (Å²) in [7, 11) is 0. The van der Waals surface area contributed by atoms with Crippen molar-refractivity contribution in [1.29, 1.82) is 0 Å². The zero-order chi connectivity index (χ0) is 16.2. The molecule has 0 aromatic heterocycles. The van der Waals surface area contributed by atoms with Gasteiger partial charge >= 0.3 is 5.97 Å². The number of ether oxygens (including phenoxy) is 1. The Morgan fingerprint density at radius 2 is 1.87 bits per heavy atom. The molecule has 0 aliphatic carbocycles. The number of benzene rings is 1. The van der Waals surface area contributed by atoms with E-state index < -0.39 is 5.97 Å². The van der Waals surface area contributed by atoms with Gasteiger partial charge in [-0.25, -0.2) is 4.79 Å². The number of amides is 1. The van der Waals surface area contributed by atoms with Crippen molar-refractivity contribution in [1.82, 2.24) is 4.90 Å². The number of hydrogen-bond donors (Lipinski definition) is 1. The predicted molar refractivity (Wildman–Crippen MR) is 85.3 cm³/mol. The highest BCUT2D eigenvalue weighted by atomic mass is 16.5. The molecular formula is C18H23NO4. The second kappa shape index (κ2) is 7.13. The number of carboxylic acids is 1. The van der Waals surface area contributed by atoms with Crippen LogP contribution in [0.15, 0.2) is 24.3 Å². The van der Waals surface area contributed by atoms with E-state index in [2.05, 4.69) is 0 Å². The molecule has 2 heterocycles. The molecule has 2 aliphatic heterocycles. The second-order valence-corrected chi connectivity index (χ2v) is 6.48. The van der Waals surface area contributed by atoms with Crippen LogP contribution in [0.5, 0.6) is 0 Å². The van der Waals surface area contributed by atoms with Crippen molar-refractivity contribution in [3.63, 3.8) is 0 Å². The van der Waals surface area contributed by atoms with E-state index in [0.717, 1.165) is 45.6 Å². The number of rotatable bonds is 4. The van der Waals surface area contributed by atoms with E-state index in [9.17, 15) is 14.7 Å². The fourth-order valence-electron chi connectivity index (χ4n) is 3.74. The number of hydrogen-bond acceptors (Lipinski definition) is 3. The van der Waals surface area contributed by atoms with Crippen molar-refractivity contribution < 1.29 is 19.4 Å². The molecule has 1 N–H and O–H groups in total. The van der Waals surface area contributed by atoms with E-state index >= 15 is 0 Å². The number of carboxylic acid groups (broad SMARTS) is 1. The Morgan fingerprint density at radius 3 is 2.61 bits per heavy atom. The molecule has 1 amide bonds. The van der Waals surface area contributed by atoms with Crippen LogP contribution in [0.3, 0.4) is 0 Å². The van der Waals surface area contributed by atoms with Crippen LogP contribution in [0.1, 0.15) is 35.2 Å². The highest BCUT2D eigenvalue weighted by Gasteiger charge is 2.32. The van der Waals surface area contributed by atoms with E-state index in [1.54, 1.807) is 24.3 Å². The van der Waals surface area contributed by atoms with Gasteiger partial charge in [-0.15, -0.1) is 0 Å². The first-order valence-electron chi connectivity index (χ1n) is 8.32. The number of likely N-dealkylation sites (tertiary alicyclic amines) is 1. The normalized spacial score (nSPS) is 22.3. The molecule has 1 atom stereocenters. The smallest absolute Gasteiger partial charge is 0.335 e. The third-order valence-electron chi connectivity index (χ3n) is 5.10. The van der Waals surface area contributed by atoms with Crippen LogP contribution in [0.4, 0.5) is 0 Å². The van der Waals surface area contributed by atoms with Crippen LogP contribution in [-0.4, -0.2) is 48.2 Å².